The molecule has 3 N–H and O–H groups in total. The fourth-order valence-corrected chi connectivity index (χ4v) is 1.91. The Balaban J connectivity index is 2.05. The third-order valence-corrected chi connectivity index (χ3v) is 2.84. The van der Waals surface area contributed by atoms with Crippen LogP contribution < -0.4 is 11.1 Å². The van der Waals surface area contributed by atoms with Crippen molar-refractivity contribution in [1.82, 2.24) is 9.97 Å². The SMILES string of the molecule is CCCc1ccc(Nc2ccnc(CCN)n2)cc1. The van der Waals surface area contributed by atoms with E-state index in [1.807, 2.05) is 6.07 Å². The maximum absolute atomic E-state index is 5.51. The highest BCUT2D eigenvalue weighted by Gasteiger charge is 1.99. The lowest BCUT2D eigenvalue weighted by molar-refractivity contribution is 0.869. The minimum Gasteiger partial charge on any atom is -0.340 e. The quantitative estimate of drug-likeness (QED) is 0.834. The number of rotatable bonds is 6. The Bertz CT molecular complexity index is 508. The van der Waals surface area contributed by atoms with Gasteiger partial charge in [-0.15, -0.1) is 0 Å². The van der Waals surface area contributed by atoms with Crippen LogP contribution in [0.5, 0.6) is 0 Å². The van der Waals surface area contributed by atoms with Crippen LogP contribution in [0.4, 0.5) is 11.5 Å². The molecule has 1 heterocycles. The molecule has 0 fully saturated rings. The molecular formula is C15H20N4. The zero-order chi connectivity index (χ0) is 13.5. The Morgan fingerprint density at radius 1 is 1.11 bits per heavy atom. The molecule has 0 aliphatic heterocycles. The van der Waals surface area contributed by atoms with Gasteiger partial charge in [0.25, 0.3) is 0 Å². The smallest absolute Gasteiger partial charge is 0.134 e. The molecule has 0 saturated heterocycles. The minimum absolute atomic E-state index is 0.565. The van der Waals surface area contributed by atoms with Gasteiger partial charge in [-0.3, -0.25) is 0 Å². The number of hydrogen-bond donors (Lipinski definition) is 2. The van der Waals surface area contributed by atoms with E-state index in [0.717, 1.165) is 23.8 Å². The van der Waals surface area contributed by atoms with E-state index in [2.05, 4.69) is 46.5 Å². The second-order valence-corrected chi connectivity index (χ2v) is 4.47. The van der Waals surface area contributed by atoms with E-state index >= 15 is 0 Å². The van der Waals surface area contributed by atoms with Crippen molar-refractivity contribution in [2.24, 2.45) is 5.73 Å². The van der Waals surface area contributed by atoms with E-state index < -0.39 is 0 Å². The van der Waals surface area contributed by atoms with Crippen molar-refractivity contribution in [3.63, 3.8) is 0 Å². The van der Waals surface area contributed by atoms with E-state index in [1.165, 1.54) is 12.0 Å². The van der Waals surface area contributed by atoms with Gasteiger partial charge in [-0.2, -0.15) is 0 Å². The molecule has 0 saturated carbocycles. The Labute approximate surface area is 114 Å². The molecule has 19 heavy (non-hydrogen) atoms. The van der Waals surface area contributed by atoms with Crippen molar-refractivity contribution in [2.45, 2.75) is 26.2 Å². The lowest BCUT2D eigenvalue weighted by Gasteiger charge is -2.07. The van der Waals surface area contributed by atoms with Crippen molar-refractivity contribution < 1.29 is 0 Å². The monoisotopic (exact) mass is 256 g/mol. The molecule has 0 aliphatic rings. The van der Waals surface area contributed by atoms with Gasteiger partial charge in [0.2, 0.25) is 0 Å². The Morgan fingerprint density at radius 2 is 1.89 bits per heavy atom. The van der Waals surface area contributed by atoms with E-state index in [9.17, 15) is 0 Å². The van der Waals surface area contributed by atoms with Gasteiger partial charge in [0.05, 0.1) is 0 Å². The lowest BCUT2D eigenvalue weighted by Crippen LogP contribution is -2.07. The van der Waals surface area contributed by atoms with Crippen LogP contribution in [0.25, 0.3) is 0 Å². The van der Waals surface area contributed by atoms with E-state index in [4.69, 9.17) is 5.73 Å². The fourth-order valence-electron chi connectivity index (χ4n) is 1.91. The first-order valence-corrected chi connectivity index (χ1v) is 6.69. The van der Waals surface area contributed by atoms with Crippen LogP contribution in [0.3, 0.4) is 0 Å². The van der Waals surface area contributed by atoms with Crippen LogP contribution in [0, 0.1) is 0 Å². The predicted octanol–water partition coefficient (Wildman–Crippen LogP) is 2.67. The standard InChI is InChI=1S/C15H20N4/c1-2-3-12-4-6-13(7-5-12)18-15-9-11-17-14(19-15)8-10-16/h4-7,9,11H,2-3,8,10,16H2,1H3,(H,17,18,19). The maximum atomic E-state index is 5.51. The molecular weight excluding hydrogens is 236 g/mol. The number of aromatic nitrogens is 2. The van der Waals surface area contributed by atoms with Crippen molar-refractivity contribution in [1.29, 1.82) is 0 Å². The molecule has 2 aromatic rings. The van der Waals surface area contributed by atoms with Crippen molar-refractivity contribution in [3.05, 3.63) is 47.9 Å². The van der Waals surface area contributed by atoms with Crippen molar-refractivity contribution >= 4 is 11.5 Å². The van der Waals surface area contributed by atoms with Crippen LogP contribution in [0.2, 0.25) is 0 Å². The van der Waals surface area contributed by atoms with Crippen molar-refractivity contribution in [3.8, 4) is 0 Å². The molecule has 0 unspecified atom stereocenters. The van der Waals surface area contributed by atoms with Gasteiger partial charge in [-0.25, -0.2) is 9.97 Å². The highest BCUT2D eigenvalue weighted by atomic mass is 15.0. The first kappa shape index (κ1) is 13.5. The number of anilines is 2. The summed E-state index contributed by atoms with van der Waals surface area (Å²) in [6.45, 7) is 2.75. The number of nitrogens with two attached hydrogens (primary N) is 1. The normalized spacial score (nSPS) is 10.4. The number of nitrogens with zero attached hydrogens (tertiary/aromatic N) is 2. The zero-order valence-electron chi connectivity index (χ0n) is 11.3. The Hall–Kier alpha value is -1.94. The molecule has 0 radical (unpaired) electrons. The first-order valence-electron chi connectivity index (χ1n) is 6.69. The Kier molecular flexibility index (Phi) is 4.86. The number of hydrogen-bond acceptors (Lipinski definition) is 4. The zero-order valence-corrected chi connectivity index (χ0v) is 11.3. The summed E-state index contributed by atoms with van der Waals surface area (Å²) < 4.78 is 0. The molecule has 0 amide bonds. The number of benzene rings is 1. The van der Waals surface area contributed by atoms with Crippen LogP contribution in [0.1, 0.15) is 24.7 Å². The third-order valence-electron chi connectivity index (χ3n) is 2.84. The number of nitrogens with one attached hydrogen (secondary N) is 1. The van der Waals surface area contributed by atoms with E-state index in [0.29, 0.717) is 13.0 Å². The summed E-state index contributed by atoms with van der Waals surface area (Å²) in [7, 11) is 0. The summed E-state index contributed by atoms with van der Waals surface area (Å²) in [5.41, 5.74) is 7.91. The molecule has 0 atom stereocenters. The van der Waals surface area contributed by atoms with Gasteiger partial charge in [-0.05, 0) is 36.7 Å². The minimum atomic E-state index is 0.565. The van der Waals surface area contributed by atoms with Crippen LogP contribution >= 0.6 is 0 Å². The van der Waals surface area contributed by atoms with Gasteiger partial charge >= 0.3 is 0 Å². The summed E-state index contributed by atoms with van der Waals surface area (Å²) >= 11 is 0. The molecule has 0 aliphatic carbocycles. The second kappa shape index (κ2) is 6.85. The topological polar surface area (TPSA) is 63.8 Å². The Morgan fingerprint density at radius 3 is 2.58 bits per heavy atom. The first-order chi connectivity index (χ1) is 9.31. The summed E-state index contributed by atoms with van der Waals surface area (Å²) in [4.78, 5) is 8.59. The molecule has 1 aromatic heterocycles. The largest absolute Gasteiger partial charge is 0.340 e. The molecule has 0 bridgehead atoms. The summed E-state index contributed by atoms with van der Waals surface area (Å²) in [5, 5.41) is 3.28. The average molecular weight is 256 g/mol. The van der Waals surface area contributed by atoms with Gasteiger partial charge in [0, 0.05) is 18.3 Å². The predicted molar refractivity (Wildman–Crippen MR) is 78.5 cm³/mol. The van der Waals surface area contributed by atoms with Gasteiger partial charge in [-0.1, -0.05) is 25.5 Å². The van der Waals surface area contributed by atoms with Crippen LogP contribution in [-0.4, -0.2) is 16.5 Å². The van der Waals surface area contributed by atoms with Gasteiger partial charge in [0.15, 0.2) is 0 Å². The summed E-state index contributed by atoms with van der Waals surface area (Å²) in [5.74, 6) is 1.58. The fraction of sp³-hybridized carbons (Fsp3) is 0.333. The summed E-state index contributed by atoms with van der Waals surface area (Å²) in [6, 6.07) is 10.3. The molecule has 4 nitrogen and oxygen atoms in total. The molecule has 100 valence electrons. The second-order valence-electron chi connectivity index (χ2n) is 4.47. The van der Waals surface area contributed by atoms with Crippen LogP contribution in [-0.2, 0) is 12.8 Å². The molecule has 4 heteroatoms. The van der Waals surface area contributed by atoms with Crippen LogP contribution in [0.15, 0.2) is 36.5 Å². The molecule has 1 aromatic carbocycles. The molecule has 2 rings (SSSR count). The van der Waals surface area contributed by atoms with E-state index in [1.54, 1.807) is 6.20 Å². The third kappa shape index (κ3) is 4.03. The maximum Gasteiger partial charge on any atom is 0.134 e. The average Bonchev–Trinajstić information content (AvgIpc) is 2.42. The van der Waals surface area contributed by atoms with Gasteiger partial charge in [0.1, 0.15) is 11.6 Å². The highest BCUT2D eigenvalue weighted by molar-refractivity contribution is 5.56. The van der Waals surface area contributed by atoms with E-state index in [-0.39, 0.29) is 0 Å². The summed E-state index contributed by atoms with van der Waals surface area (Å²) in [6.07, 6.45) is 4.74. The lowest BCUT2D eigenvalue weighted by atomic mass is 10.1. The van der Waals surface area contributed by atoms with Crippen molar-refractivity contribution in [2.75, 3.05) is 11.9 Å². The van der Waals surface area contributed by atoms with Gasteiger partial charge < -0.3 is 11.1 Å². The number of aryl methyl sites for hydroxylation is 1. The highest BCUT2D eigenvalue weighted by Crippen LogP contribution is 2.15. The molecule has 0 spiro atoms.